The van der Waals surface area contributed by atoms with Gasteiger partial charge in [0.15, 0.2) is 0 Å². The van der Waals surface area contributed by atoms with E-state index < -0.39 is 14.9 Å². The molecule has 0 fully saturated rings. The normalized spacial score (nSPS) is 11.5. The predicted octanol–water partition coefficient (Wildman–Crippen LogP) is 3.86. The predicted molar refractivity (Wildman–Crippen MR) is 109 cm³/mol. The van der Waals surface area contributed by atoms with Crippen LogP contribution in [-0.4, -0.2) is 24.9 Å². The van der Waals surface area contributed by atoms with Crippen LogP contribution in [0.2, 0.25) is 0 Å². The summed E-state index contributed by atoms with van der Waals surface area (Å²) >= 11 is 1.51. The van der Waals surface area contributed by atoms with Gasteiger partial charge >= 0.3 is 0 Å². The summed E-state index contributed by atoms with van der Waals surface area (Å²) in [7, 11) is -3.85. The zero-order valence-corrected chi connectivity index (χ0v) is 17.0. The summed E-state index contributed by atoms with van der Waals surface area (Å²) in [6.45, 7) is 3.61. The third-order valence-electron chi connectivity index (χ3n) is 4.27. The van der Waals surface area contributed by atoms with Gasteiger partial charge in [0.05, 0.1) is 15.5 Å². The molecule has 0 bridgehead atoms. The highest BCUT2D eigenvalue weighted by atomic mass is 32.2. The fraction of sp³-hybridized carbons (Fsp3) is 0.211. The molecule has 0 radical (unpaired) electrons. The SMILES string of the molecule is Cc1ccc(-c2nc(CCNS(=O)(=O)c3cccc([N+](=O)[O-])c3C)cs2)cc1. The van der Waals surface area contributed by atoms with E-state index in [1.807, 2.05) is 36.6 Å². The summed E-state index contributed by atoms with van der Waals surface area (Å²) in [6.07, 6.45) is 0.426. The first-order chi connectivity index (χ1) is 13.3. The smallest absolute Gasteiger partial charge is 0.258 e. The van der Waals surface area contributed by atoms with Crippen molar-refractivity contribution in [2.45, 2.75) is 25.2 Å². The molecule has 0 aliphatic heterocycles. The Bertz CT molecular complexity index is 1110. The Hall–Kier alpha value is -2.62. The molecule has 3 rings (SSSR count). The summed E-state index contributed by atoms with van der Waals surface area (Å²) in [5.74, 6) is 0. The van der Waals surface area contributed by atoms with Gasteiger partial charge in [-0.25, -0.2) is 18.1 Å². The lowest BCUT2D eigenvalue weighted by molar-refractivity contribution is -0.385. The first-order valence-electron chi connectivity index (χ1n) is 8.53. The summed E-state index contributed by atoms with van der Waals surface area (Å²) in [5.41, 5.74) is 2.89. The average molecular weight is 418 g/mol. The van der Waals surface area contributed by atoms with Crippen molar-refractivity contribution < 1.29 is 13.3 Å². The molecular formula is C19H19N3O4S2. The third-order valence-corrected chi connectivity index (χ3v) is 6.81. The van der Waals surface area contributed by atoms with E-state index in [0.717, 1.165) is 16.3 Å². The minimum atomic E-state index is -3.85. The average Bonchev–Trinajstić information content (AvgIpc) is 3.10. The van der Waals surface area contributed by atoms with Gasteiger partial charge in [0.2, 0.25) is 10.0 Å². The summed E-state index contributed by atoms with van der Waals surface area (Å²) in [5, 5.41) is 13.8. The Morgan fingerprint density at radius 2 is 1.86 bits per heavy atom. The molecule has 28 heavy (non-hydrogen) atoms. The van der Waals surface area contributed by atoms with Crippen LogP contribution in [0.4, 0.5) is 5.69 Å². The fourth-order valence-electron chi connectivity index (χ4n) is 2.73. The van der Waals surface area contributed by atoms with Crippen LogP contribution in [0.25, 0.3) is 10.6 Å². The highest BCUT2D eigenvalue weighted by Gasteiger charge is 2.22. The molecule has 0 aliphatic carbocycles. The van der Waals surface area contributed by atoms with Crippen molar-refractivity contribution in [2.24, 2.45) is 0 Å². The maximum absolute atomic E-state index is 12.5. The highest BCUT2D eigenvalue weighted by Crippen LogP contribution is 2.25. The first kappa shape index (κ1) is 20.1. The molecule has 0 spiro atoms. The summed E-state index contributed by atoms with van der Waals surface area (Å²) in [6, 6.07) is 12.1. The van der Waals surface area contributed by atoms with Crippen molar-refractivity contribution in [3.05, 3.63) is 74.8 Å². The molecule has 2 aromatic carbocycles. The van der Waals surface area contributed by atoms with Crippen LogP contribution in [0.3, 0.4) is 0 Å². The number of hydrogen-bond donors (Lipinski definition) is 1. The topological polar surface area (TPSA) is 102 Å². The molecule has 9 heteroatoms. The molecule has 146 valence electrons. The molecule has 1 N–H and O–H groups in total. The number of hydrogen-bond acceptors (Lipinski definition) is 6. The van der Waals surface area contributed by atoms with E-state index in [0.29, 0.717) is 6.42 Å². The maximum atomic E-state index is 12.5. The zero-order valence-electron chi connectivity index (χ0n) is 15.4. The summed E-state index contributed by atoms with van der Waals surface area (Å²) < 4.78 is 27.6. The Labute approximate surface area is 167 Å². The Morgan fingerprint density at radius 1 is 1.14 bits per heavy atom. The van der Waals surface area contributed by atoms with Crippen molar-refractivity contribution in [3.63, 3.8) is 0 Å². The standard InChI is InChI=1S/C19H19N3O4S2/c1-13-6-8-15(9-7-13)19-21-16(12-27-19)10-11-20-28(25,26)18-5-3-4-17(14(18)2)22(23)24/h3-9,12,20H,10-11H2,1-2H3. The van der Waals surface area contributed by atoms with Crippen LogP contribution in [0.5, 0.6) is 0 Å². The van der Waals surface area contributed by atoms with E-state index in [2.05, 4.69) is 9.71 Å². The van der Waals surface area contributed by atoms with Gasteiger partial charge < -0.3 is 0 Å². The second-order valence-corrected chi connectivity index (χ2v) is 8.91. The molecule has 1 aromatic heterocycles. The maximum Gasteiger partial charge on any atom is 0.273 e. The number of benzene rings is 2. The van der Waals surface area contributed by atoms with Crippen LogP contribution in [0.15, 0.2) is 52.7 Å². The number of nitro benzene ring substituents is 1. The molecule has 3 aromatic rings. The van der Waals surface area contributed by atoms with Crippen LogP contribution < -0.4 is 4.72 Å². The number of thiazole rings is 1. The quantitative estimate of drug-likeness (QED) is 0.465. The number of aryl methyl sites for hydroxylation is 1. The molecule has 0 aliphatic rings. The fourth-order valence-corrected chi connectivity index (χ4v) is 4.89. The number of nitrogens with one attached hydrogen (secondary N) is 1. The van der Waals surface area contributed by atoms with Gasteiger partial charge in [-0.2, -0.15) is 0 Å². The van der Waals surface area contributed by atoms with Crippen molar-refractivity contribution in [3.8, 4) is 10.6 Å². The monoisotopic (exact) mass is 417 g/mol. The lowest BCUT2D eigenvalue weighted by Crippen LogP contribution is -2.26. The highest BCUT2D eigenvalue weighted by molar-refractivity contribution is 7.89. The Morgan fingerprint density at radius 3 is 2.54 bits per heavy atom. The van der Waals surface area contributed by atoms with Gasteiger partial charge in [-0.15, -0.1) is 11.3 Å². The van der Waals surface area contributed by atoms with E-state index in [9.17, 15) is 18.5 Å². The van der Waals surface area contributed by atoms with Gasteiger partial charge in [0, 0.05) is 35.5 Å². The van der Waals surface area contributed by atoms with E-state index in [-0.39, 0.29) is 22.7 Å². The van der Waals surface area contributed by atoms with Crippen LogP contribution >= 0.6 is 11.3 Å². The van der Waals surface area contributed by atoms with Crippen LogP contribution in [-0.2, 0) is 16.4 Å². The van der Waals surface area contributed by atoms with Crippen molar-refractivity contribution >= 4 is 27.0 Å². The first-order valence-corrected chi connectivity index (χ1v) is 10.9. The number of rotatable bonds is 7. The van der Waals surface area contributed by atoms with E-state index >= 15 is 0 Å². The minimum Gasteiger partial charge on any atom is -0.258 e. The molecule has 0 unspecified atom stereocenters. The van der Waals surface area contributed by atoms with Crippen molar-refractivity contribution in [1.82, 2.24) is 9.71 Å². The van der Waals surface area contributed by atoms with E-state index in [4.69, 9.17) is 0 Å². The summed E-state index contributed by atoms with van der Waals surface area (Å²) in [4.78, 5) is 14.9. The Kier molecular flexibility index (Phi) is 5.87. The largest absolute Gasteiger partial charge is 0.273 e. The molecular weight excluding hydrogens is 398 g/mol. The van der Waals surface area contributed by atoms with Crippen molar-refractivity contribution in [1.29, 1.82) is 0 Å². The van der Waals surface area contributed by atoms with Crippen LogP contribution in [0, 0.1) is 24.0 Å². The second-order valence-electron chi connectivity index (χ2n) is 6.32. The lowest BCUT2D eigenvalue weighted by atomic mass is 10.2. The van der Waals surface area contributed by atoms with Gasteiger partial charge in [0.1, 0.15) is 5.01 Å². The van der Waals surface area contributed by atoms with Crippen molar-refractivity contribution in [2.75, 3.05) is 6.54 Å². The van der Waals surface area contributed by atoms with Gasteiger partial charge in [0.25, 0.3) is 5.69 Å². The van der Waals surface area contributed by atoms with Gasteiger partial charge in [-0.1, -0.05) is 35.9 Å². The van der Waals surface area contributed by atoms with E-state index in [1.165, 1.54) is 42.0 Å². The number of nitro groups is 1. The van der Waals surface area contributed by atoms with Gasteiger partial charge in [-0.3, -0.25) is 10.1 Å². The molecule has 0 saturated carbocycles. The van der Waals surface area contributed by atoms with E-state index in [1.54, 1.807) is 0 Å². The number of aromatic nitrogens is 1. The number of sulfonamides is 1. The molecule has 0 amide bonds. The molecule has 0 atom stereocenters. The lowest BCUT2D eigenvalue weighted by Gasteiger charge is -2.09. The molecule has 0 saturated heterocycles. The second kappa shape index (κ2) is 8.17. The molecule has 1 heterocycles. The van der Waals surface area contributed by atoms with Crippen LogP contribution in [0.1, 0.15) is 16.8 Å². The zero-order chi connectivity index (χ0) is 20.3. The third kappa shape index (κ3) is 4.44. The number of nitrogens with zero attached hydrogens (tertiary/aromatic N) is 2. The van der Waals surface area contributed by atoms with Gasteiger partial charge in [-0.05, 0) is 19.9 Å². The minimum absolute atomic E-state index is 0.0830. The molecule has 7 nitrogen and oxygen atoms in total. The Balaban J connectivity index is 1.67.